The van der Waals surface area contributed by atoms with Gasteiger partial charge in [-0.05, 0) is 12.1 Å². The molecular formula is C7H10BFO4. The van der Waals surface area contributed by atoms with Crippen molar-refractivity contribution in [2.45, 2.75) is 0 Å². The third kappa shape index (κ3) is 3.22. The third-order valence-electron chi connectivity index (χ3n) is 1.35. The average molecular weight is 188 g/mol. The first-order valence-corrected chi connectivity index (χ1v) is 3.10. The fraction of sp³-hybridized carbons (Fsp3) is 0. The van der Waals surface area contributed by atoms with Crippen LogP contribution in [0.4, 0.5) is 4.39 Å². The summed E-state index contributed by atoms with van der Waals surface area (Å²) in [5.74, 6) is -1.92. The molecule has 0 radical (unpaired) electrons. The predicted molar refractivity (Wildman–Crippen MR) is 48.8 cm³/mol. The molecule has 5 N–H and O–H groups in total. The summed E-state index contributed by atoms with van der Waals surface area (Å²) < 4.78 is 12.7. The molecule has 0 amide bonds. The molecule has 4 nitrogen and oxygen atoms in total. The van der Waals surface area contributed by atoms with E-state index in [1.807, 2.05) is 0 Å². The summed E-state index contributed by atoms with van der Waals surface area (Å²) in [4.78, 5) is 10.3. The Kier molecular flexibility index (Phi) is 5.75. The first kappa shape index (κ1) is 14.1. The van der Waals surface area contributed by atoms with Crippen molar-refractivity contribution in [3.05, 3.63) is 29.6 Å². The lowest BCUT2D eigenvalue weighted by molar-refractivity contribution is 0.0692. The fourth-order valence-electron chi connectivity index (χ4n) is 0.794. The molecule has 0 unspecified atom stereocenters. The van der Waals surface area contributed by atoms with Crippen LogP contribution in [0.3, 0.4) is 0 Å². The van der Waals surface area contributed by atoms with Crippen LogP contribution in [-0.2, 0) is 0 Å². The molecule has 72 valence electrons. The highest BCUT2D eigenvalue weighted by Crippen LogP contribution is 2.03. The second kappa shape index (κ2) is 5.29. The van der Waals surface area contributed by atoms with E-state index in [4.69, 9.17) is 5.11 Å². The van der Waals surface area contributed by atoms with E-state index in [-0.39, 0.29) is 16.5 Å². The quantitative estimate of drug-likeness (QED) is 0.522. The predicted octanol–water partition coefficient (Wildman–Crippen LogP) is -1.87. The topological polar surface area (TPSA) is 100 Å². The van der Waals surface area contributed by atoms with Crippen LogP contribution in [0.5, 0.6) is 0 Å². The van der Waals surface area contributed by atoms with Gasteiger partial charge in [0.05, 0.1) is 5.56 Å². The number of carboxylic acids is 1. The molecule has 0 saturated heterocycles. The Labute approximate surface area is 75.0 Å². The van der Waals surface area contributed by atoms with E-state index >= 15 is 0 Å². The van der Waals surface area contributed by atoms with Crippen molar-refractivity contribution in [2.24, 2.45) is 0 Å². The molecule has 0 aliphatic rings. The van der Waals surface area contributed by atoms with E-state index in [2.05, 4.69) is 0 Å². The van der Waals surface area contributed by atoms with E-state index in [1.54, 1.807) is 13.9 Å². The number of hydrogen-bond donors (Lipinski definition) is 1. The van der Waals surface area contributed by atoms with Crippen molar-refractivity contribution in [1.82, 2.24) is 0 Å². The molecular weight excluding hydrogens is 178 g/mol. The second-order valence-electron chi connectivity index (χ2n) is 2.29. The zero-order valence-electron chi connectivity index (χ0n) is 6.97. The van der Waals surface area contributed by atoms with Crippen molar-refractivity contribution in [3.63, 3.8) is 0 Å². The van der Waals surface area contributed by atoms with Gasteiger partial charge in [0.1, 0.15) is 13.7 Å². The van der Waals surface area contributed by atoms with Crippen LogP contribution in [0, 0.1) is 5.82 Å². The Morgan fingerprint density at radius 3 is 2.31 bits per heavy atom. The summed E-state index contributed by atoms with van der Waals surface area (Å²) in [6, 6.07) is 4.02. The van der Waals surface area contributed by atoms with Gasteiger partial charge in [-0.1, -0.05) is 11.5 Å². The normalized spacial score (nSPS) is 8.08. The fourth-order valence-corrected chi connectivity index (χ4v) is 0.794. The van der Waals surface area contributed by atoms with Crippen LogP contribution in [0.25, 0.3) is 0 Å². The van der Waals surface area contributed by atoms with Gasteiger partial charge in [0.2, 0.25) is 0 Å². The zero-order chi connectivity index (χ0) is 8.43. The van der Waals surface area contributed by atoms with Crippen molar-refractivity contribution >= 4 is 19.3 Å². The van der Waals surface area contributed by atoms with Crippen molar-refractivity contribution in [1.29, 1.82) is 0 Å². The minimum atomic E-state index is -1.23. The zero-order valence-corrected chi connectivity index (χ0v) is 6.97. The second-order valence-corrected chi connectivity index (χ2v) is 2.29. The largest absolute Gasteiger partial charge is 0.478 e. The number of benzene rings is 1. The molecule has 0 fully saturated rings. The van der Waals surface area contributed by atoms with E-state index in [0.717, 1.165) is 0 Å². The van der Waals surface area contributed by atoms with Crippen LogP contribution >= 0.6 is 0 Å². The summed E-state index contributed by atoms with van der Waals surface area (Å²) in [7, 11) is 1.70. The van der Waals surface area contributed by atoms with Crippen molar-refractivity contribution < 1.29 is 25.2 Å². The van der Waals surface area contributed by atoms with E-state index in [0.29, 0.717) is 5.46 Å². The molecule has 0 heterocycles. The van der Waals surface area contributed by atoms with Gasteiger partial charge >= 0.3 is 5.97 Å². The lowest BCUT2D eigenvalue weighted by Crippen LogP contribution is -2.07. The number of aromatic carboxylic acids is 1. The highest BCUT2D eigenvalue weighted by Gasteiger charge is 2.08. The molecule has 0 aliphatic carbocycles. The average Bonchev–Trinajstić information content (AvgIpc) is 1.85. The SMILES string of the molecule is Bc1ccc(C(=O)O)c(F)c1.O.O. The smallest absolute Gasteiger partial charge is 0.338 e. The van der Waals surface area contributed by atoms with Gasteiger partial charge in [-0.15, -0.1) is 0 Å². The van der Waals surface area contributed by atoms with Crippen LogP contribution in [0.1, 0.15) is 10.4 Å². The maximum absolute atomic E-state index is 12.7. The molecule has 0 bridgehead atoms. The number of halogens is 1. The number of carboxylic acid groups (broad SMARTS) is 1. The molecule has 0 spiro atoms. The van der Waals surface area contributed by atoms with Crippen LogP contribution < -0.4 is 5.46 Å². The van der Waals surface area contributed by atoms with E-state index in [9.17, 15) is 9.18 Å². The van der Waals surface area contributed by atoms with E-state index < -0.39 is 11.8 Å². The maximum Gasteiger partial charge on any atom is 0.338 e. The van der Waals surface area contributed by atoms with Crippen LogP contribution in [0.2, 0.25) is 0 Å². The van der Waals surface area contributed by atoms with Crippen molar-refractivity contribution in [2.75, 3.05) is 0 Å². The summed E-state index contributed by atoms with van der Waals surface area (Å²) in [5, 5.41) is 8.42. The van der Waals surface area contributed by atoms with Gasteiger partial charge in [-0.25, -0.2) is 9.18 Å². The highest BCUT2D eigenvalue weighted by molar-refractivity contribution is 6.32. The standard InChI is InChI=1S/C7H6BFO2.2H2O/c8-4-1-2-5(7(10)11)6(9)3-4;;/h1-3H,8H2,(H,10,11);2*1H2. The van der Waals surface area contributed by atoms with Gasteiger partial charge < -0.3 is 16.1 Å². The number of carbonyl (C=O) groups is 1. The summed E-state index contributed by atoms with van der Waals surface area (Å²) in [6.45, 7) is 0. The van der Waals surface area contributed by atoms with Crippen molar-refractivity contribution in [3.8, 4) is 0 Å². The number of rotatable bonds is 1. The molecule has 1 rings (SSSR count). The summed E-state index contributed by atoms with van der Waals surface area (Å²) >= 11 is 0. The van der Waals surface area contributed by atoms with Gasteiger partial charge in [0, 0.05) is 0 Å². The first-order chi connectivity index (χ1) is 5.11. The summed E-state index contributed by atoms with van der Waals surface area (Å²) in [6.07, 6.45) is 0. The Morgan fingerprint density at radius 1 is 1.38 bits per heavy atom. The van der Waals surface area contributed by atoms with Gasteiger partial charge in [0.15, 0.2) is 0 Å². The summed E-state index contributed by atoms with van der Waals surface area (Å²) in [5.41, 5.74) is 0.433. The Bertz CT molecular complexity index is 303. The molecule has 1 aromatic rings. The van der Waals surface area contributed by atoms with E-state index in [1.165, 1.54) is 12.1 Å². The molecule has 0 saturated carbocycles. The van der Waals surface area contributed by atoms with Gasteiger partial charge in [-0.3, -0.25) is 0 Å². The Morgan fingerprint density at radius 2 is 1.92 bits per heavy atom. The molecule has 6 heteroatoms. The van der Waals surface area contributed by atoms with Crippen LogP contribution in [-0.4, -0.2) is 29.9 Å². The molecule has 0 aromatic heterocycles. The molecule has 13 heavy (non-hydrogen) atoms. The minimum absolute atomic E-state index is 0. The minimum Gasteiger partial charge on any atom is -0.478 e. The highest BCUT2D eigenvalue weighted by atomic mass is 19.1. The molecule has 1 aromatic carbocycles. The molecule has 0 aliphatic heterocycles. The van der Waals surface area contributed by atoms with Crippen LogP contribution in [0.15, 0.2) is 18.2 Å². The lowest BCUT2D eigenvalue weighted by atomic mass is 9.95. The lowest BCUT2D eigenvalue weighted by Gasteiger charge is -1.96. The Balaban J connectivity index is 0. The van der Waals surface area contributed by atoms with Gasteiger partial charge in [0.25, 0.3) is 0 Å². The molecule has 0 atom stereocenters. The monoisotopic (exact) mass is 188 g/mol. The van der Waals surface area contributed by atoms with Gasteiger partial charge in [-0.2, -0.15) is 0 Å². The first-order valence-electron chi connectivity index (χ1n) is 3.10. The number of hydrogen-bond acceptors (Lipinski definition) is 1. The Hall–Kier alpha value is -1.40. The maximum atomic E-state index is 12.7. The third-order valence-corrected chi connectivity index (χ3v) is 1.35.